The van der Waals surface area contributed by atoms with Crippen LogP contribution in [0.4, 0.5) is 34.1 Å². The van der Waals surface area contributed by atoms with Crippen molar-refractivity contribution in [3.63, 3.8) is 0 Å². The summed E-state index contributed by atoms with van der Waals surface area (Å²) in [5.74, 6) is -0.928. The van der Waals surface area contributed by atoms with Gasteiger partial charge in [-0.15, -0.1) is 0 Å². The number of hydrogen-bond donors (Lipinski definition) is 4. The van der Waals surface area contributed by atoms with E-state index in [-0.39, 0.29) is 77.6 Å². The molecule has 0 bridgehead atoms. The second kappa shape index (κ2) is 14.5. The predicted octanol–water partition coefficient (Wildman–Crippen LogP) is 7.08. The fraction of sp³-hybridized carbons (Fsp3) is 0.100. The number of ether oxygens (including phenoxy) is 4. The van der Waals surface area contributed by atoms with Gasteiger partial charge in [0, 0.05) is 52.1 Å². The fourth-order valence-corrected chi connectivity index (χ4v) is 5.76. The molecular formula is C40H34N6O8. The molecule has 0 radical (unpaired) electrons. The van der Waals surface area contributed by atoms with E-state index in [2.05, 4.69) is 27.4 Å². The second-order valence-electron chi connectivity index (χ2n) is 11.8. The van der Waals surface area contributed by atoms with E-state index in [0.29, 0.717) is 28.3 Å². The second-order valence-corrected chi connectivity index (χ2v) is 11.8. The van der Waals surface area contributed by atoms with Crippen LogP contribution in [0.5, 0.6) is 34.5 Å². The molecule has 5 aromatic rings. The van der Waals surface area contributed by atoms with Crippen LogP contribution in [0, 0.1) is 12.5 Å². The first kappa shape index (κ1) is 34.8. The summed E-state index contributed by atoms with van der Waals surface area (Å²) in [6, 6.07) is 23.3. The van der Waals surface area contributed by atoms with E-state index in [9.17, 15) is 19.2 Å². The highest BCUT2D eigenvalue weighted by atomic mass is 16.5. The standard InChI is InChI=1S/C40H30N6O8.2H2/c1-5-51-29-17-27-31(19-25(29)45-39(49)23-13-9-7-10-14-23)53-37-34(42-22(4)48)36-38(33(35(37)43-27)41-21(3)47)54-32-20-26(30(52-6-2)18-28(32)44-36)46-40(50)24-15-11-8-12-16-24;;/h1,7-20H,6H2,2-4H3,(H,41,47)(H,42,48)(H,45,49)(H,46,50);2*1H. The molecule has 2 aliphatic rings. The molecule has 7 rings (SSSR count). The molecule has 0 atom stereocenters. The van der Waals surface area contributed by atoms with Crippen molar-refractivity contribution in [1.29, 1.82) is 0 Å². The fourth-order valence-electron chi connectivity index (χ4n) is 5.76. The Bertz CT molecular complexity index is 2560. The molecule has 0 aromatic heterocycles. The van der Waals surface area contributed by atoms with Crippen molar-refractivity contribution >= 4 is 57.8 Å². The molecule has 2 aliphatic heterocycles. The lowest BCUT2D eigenvalue weighted by Gasteiger charge is -2.25. The monoisotopic (exact) mass is 726 g/mol. The molecule has 0 saturated heterocycles. The molecule has 0 spiro atoms. The summed E-state index contributed by atoms with van der Waals surface area (Å²) >= 11 is 0. The molecular weight excluding hydrogens is 692 g/mol. The van der Waals surface area contributed by atoms with Crippen LogP contribution >= 0.6 is 0 Å². The average Bonchev–Trinajstić information content (AvgIpc) is 3.16. The lowest BCUT2D eigenvalue weighted by molar-refractivity contribution is -0.115. The third-order valence-electron chi connectivity index (χ3n) is 8.01. The zero-order chi connectivity index (χ0) is 37.9. The Kier molecular flexibility index (Phi) is 9.35. The maximum absolute atomic E-state index is 13.1. The topological polar surface area (TPSA) is 178 Å². The summed E-state index contributed by atoms with van der Waals surface area (Å²) in [5.41, 5.74) is 1.97. The van der Waals surface area contributed by atoms with E-state index >= 15 is 0 Å². The lowest BCUT2D eigenvalue weighted by Crippen LogP contribution is -2.29. The van der Waals surface area contributed by atoms with Crippen molar-refractivity contribution in [1.82, 2.24) is 0 Å². The number of carbonyl (C=O) groups is 4. The van der Waals surface area contributed by atoms with Gasteiger partial charge in [0.1, 0.15) is 45.3 Å². The van der Waals surface area contributed by atoms with Gasteiger partial charge in [0.25, 0.3) is 11.8 Å². The van der Waals surface area contributed by atoms with Crippen LogP contribution < -0.4 is 50.9 Å². The van der Waals surface area contributed by atoms with Crippen molar-refractivity contribution in [3.8, 4) is 47.0 Å². The zero-order valence-electron chi connectivity index (χ0n) is 29.0. The highest BCUT2D eigenvalue weighted by Gasteiger charge is 2.31. The molecule has 4 amide bonds. The zero-order valence-corrected chi connectivity index (χ0v) is 29.0. The van der Waals surface area contributed by atoms with E-state index in [1.54, 1.807) is 79.7 Å². The minimum atomic E-state index is -0.472. The van der Waals surface area contributed by atoms with E-state index < -0.39 is 17.7 Å². The Morgan fingerprint density at radius 2 is 1.13 bits per heavy atom. The smallest absolute Gasteiger partial charge is 0.255 e. The summed E-state index contributed by atoms with van der Waals surface area (Å²) in [7, 11) is 0. The number of carbonyl (C=O) groups excluding carboxylic acids is 4. The van der Waals surface area contributed by atoms with Crippen LogP contribution in [-0.2, 0) is 9.59 Å². The van der Waals surface area contributed by atoms with Crippen LogP contribution in [0.1, 0.15) is 44.3 Å². The first-order valence-corrected chi connectivity index (χ1v) is 16.6. The molecule has 5 aromatic carbocycles. The SMILES string of the molecule is C#COc1cc2c(cc1NC(=O)c1ccccc1)Oc1c(NC(C)=O)c3c(c(NC(C)=O)c1=N2)Oc1cc(NC(=O)c2ccccc2)c(OCC)cc1N=3.[HH].[HH]. The molecule has 0 aliphatic carbocycles. The van der Waals surface area contributed by atoms with Gasteiger partial charge in [0.2, 0.25) is 11.8 Å². The highest BCUT2D eigenvalue weighted by Crippen LogP contribution is 2.47. The molecule has 54 heavy (non-hydrogen) atoms. The van der Waals surface area contributed by atoms with Crippen LogP contribution in [0.3, 0.4) is 0 Å². The number of terminal acetylenes is 1. The number of fused-ring (bicyclic) bond motifs is 4. The van der Waals surface area contributed by atoms with Gasteiger partial charge in [-0.1, -0.05) is 42.8 Å². The molecule has 2 heterocycles. The van der Waals surface area contributed by atoms with Crippen molar-refractivity contribution in [3.05, 3.63) is 107 Å². The average molecular weight is 727 g/mol. The van der Waals surface area contributed by atoms with E-state index in [1.807, 2.05) is 0 Å². The molecule has 272 valence electrons. The first-order chi connectivity index (χ1) is 26.1. The summed E-state index contributed by atoms with van der Waals surface area (Å²) < 4.78 is 24.1. The summed E-state index contributed by atoms with van der Waals surface area (Å²) in [6.45, 7) is 4.68. The Morgan fingerprint density at radius 3 is 1.56 bits per heavy atom. The largest absolute Gasteiger partial charge is 0.492 e. The normalized spacial score (nSPS) is 11.4. The Balaban J connectivity index is 0.00000300. The molecule has 4 N–H and O–H groups in total. The van der Waals surface area contributed by atoms with Gasteiger partial charge in [-0.25, -0.2) is 9.98 Å². The van der Waals surface area contributed by atoms with Gasteiger partial charge < -0.3 is 40.2 Å². The number of nitrogens with zero attached hydrogens (tertiary/aromatic N) is 2. The quantitative estimate of drug-likeness (QED) is 0.0900. The molecule has 14 heteroatoms. The van der Waals surface area contributed by atoms with Crippen molar-refractivity contribution in [2.75, 3.05) is 27.9 Å². The minimum Gasteiger partial charge on any atom is -0.492 e. The summed E-state index contributed by atoms with van der Waals surface area (Å²) in [4.78, 5) is 61.2. The van der Waals surface area contributed by atoms with E-state index in [1.165, 1.54) is 26.0 Å². The number of nitrogens with one attached hydrogen (secondary N) is 4. The highest BCUT2D eigenvalue weighted by molar-refractivity contribution is 6.06. The van der Waals surface area contributed by atoms with Gasteiger partial charge in [-0.05, 0) is 31.2 Å². The summed E-state index contributed by atoms with van der Waals surface area (Å²) in [5, 5.41) is 11.4. The maximum Gasteiger partial charge on any atom is 0.255 e. The van der Waals surface area contributed by atoms with Crippen LogP contribution in [-0.4, -0.2) is 30.2 Å². The predicted molar refractivity (Wildman–Crippen MR) is 203 cm³/mol. The van der Waals surface area contributed by atoms with Gasteiger partial charge >= 0.3 is 0 Å². The number of hydrogen-bond acceptors (Lipinski definition) is 10. The van der Waals surface area contributed by atoms with E-state index in [0.717, 1.165) is 0 Å². The van der Waals surface area contributed by atoms with Crippen molar-refractivity contribution < 1.29 is 41.0 Å². The van der Waals surface area contributed by atoms with Crippen LogP contribution in [0.15, 0.2) is 94.9 Å². The van der Waals surface area contributed by atoms with Crippen molar-refractivity contribution in [2.45, 2.75) is 20.8 Å². The molecule has 0 unspecified atom stereocenters. The Hall–Kier alpha value is -7.66. The third kappa shape index (κ3) is 6.84. The van der Waals surface area contributed by atoms with Crippen LogP contribution in [0.2, 0.25) is 0 Å². The Labute approximate surface area is 310 Å². The molecule has 0 saturated carbocycles. The molecule has 0 fully saturated rings. The molecule has 14 nitrogen and oxygen atoms in total. The first-order valence-electron chi connectivity index (χ1n) is 16.6. The number of anilines is 4. The minimum absolute atomic E-state index is 0. The van der Waals surface area contributed by atoms with Gasteiger partial charge in [-0.2, -0.15) is 0 Å². The van der Waals surface area contributed by atoms with Gasteiger partial charge in [0.15, 0.2) is 28.7 Å². The van der Waals surface area contributed by atoms with Crippen LogP contribution in [0.25, 0.3) is 0 Å². The lowest BCUT2D eigenvalue weighted by atomic mass is 10.1. The number of amides is 4. The third-order valence-corrected chi connectivity index (χ3v) is 8.01. The van der Waals surface area contributed by atoms with Crippen molar-refractivity contribution in [2.24, 2.45) is 9.98 Å². The Morgan fingerprint density at radius 1 is 0.685 bits per heavy atom. The maximum atomic E-state index is 13.1. The number of rotatable bonds is 9. The number of benzene rings is 5. The summed E-state index contributed by atoms with van der Waals surface area (Å²) in [6.07, 6.45) is 7.60. The van der Waals surface area contributed by atoms with Gasteiger partial charge in [-0.3, -0.25) is 19.2 Å². The van der Waals surface area contributed by atoms with E-state index in [4.69, 9.17) is 35.4 Å². The van der Waals surface area contributed by atoms with Gasteiger partial charge in [0.05, 0.1) is 18.0 Å².